The third kappa shape index (κ3) is 2.83. The molecule has 3 heterocycles. The highest BCUT2D eigenvalue weighted by Crippen LogP contribution is 2.32. The second kappa shape index (κ2) is 6.06. The predicted octanol–water partition coefficient (Wildman–Crippen LogP) is 1.39. The van der Waals surface area contributed by atoms with Crippen molar-refractivity contribution in [2.75, 3.05) is 26.2 Å². The van der Waals surface area contributed by atoms with Gasteiger partial charge < -0.3 is 9.80 Å². The molecule has 0 aromatic heterocycles. The van der Waals surface area contributed by atoms with Crippen LogP contribution in [0.4, 0.5) is 4.39 Å². The van der Waals surface area contributed by atoms with E-state index in [4.69, 9.17) is 0 Å². The number of benzene rings is 1. The third-order valence-corrected chi connectivity index (χ3v) is 5.15. The van der Waals surface area contributed by atoms with Gasteiger partial charge in [0.1, 0.15) is 0 Å². The number of rotatable bonds is 1. The van der Waals surface area contributed by atoms with E-state index in [-0.39, 0.29) is 11.6 Å². The van der Waals surface area contributed by atoms with Crippen molar-refractivity contribution in [2.45, 2.75) is 13.1 Å². The Morgan fingerprint density at radius 2 is 1.72 bits per heavy atom. The molecule has 4 rings (SSSR count). The molecule has 2 fully saturated rings. The number of halogens is 1. The van der Waals surface area contributed by atoms with Crippen LogP contribution in [-0.2, 0) is 4.79 Å². The Hall–Kier alpha value is -2.57. The van der Waals surface area contributed by atoms with Crippen molar-refractivity contribution in [1.82, 2.24) is 9.80 Å². The molecule has 6 nitrogen and oxygen atoms in total. The number of guanidine groups is 1. The number of hydrogen-bond acceptors (Lipinski definition) is 4. The number of carbonyl (C=O) groups is 2. The molecular formula is C18H19FN4O2. The normalized spacial score (nSPS) is 28.7. The van der Waals surface area contributed by atoms with E-state index in [0.717, 1.165) is 0 Å². The summed E-state index contributed by atoms with van der Waals surface area (Å²) in [6.07, 6.45) is -1.72. The van der Waals surface area contributed by atoms with E-state index in [1.807, 2.05) is 40.1 Å². The fourth-order valence-electron chi connectivity index (χ4n) is 3.80. The summed E-state index contributed by atoms with van der Waals surface area (Å²) in [7, 11) is 0. The van der Waals surface area contributed by atoms with E-state index >= 15 is 0 Å². The maximum absolute atomic E-state index is 13.5. The minimum Gasteiger partial charge on any atom is -0.340 e. The quantitative estimate of drug-likeness (QED) is 0.775. The number of nitrogens with zero attached hydrogens (tertiary/aromatic N) is 4. The summed E-state index contributed by atoms with van der Waals surface area (Å²) in [5.41, 5.74) is 0.865. The highest BCUT2D eigenvalue weighted by molar-refractivity contribution is 6.16. The smallest absolute Gasteiger partial charge is 0.289 e. The van der Waals surface area contributed by atoms with E-state index in [1.54, 1.807) is 0 Å². The Morgan fingerprint density at radius 1 is 1.08 bits per heavy atom. The standard InChI is InChI=1S/C18H19FN4O2/c1-11-15(19)16(24)21-18(20-11)23-9-13-7-22(8-14(13)10-23)17(25)12-5-3-2-4-6-12/h2-6,13-15H,7-10H2,1H3. The first-order valence-corrected chi connectivity index (χ1v) is 8.44. The summed E-state index contributed by atoms with van der Waals surface area (Å²) in [6.45, 7) is 4.25. The van der Waals surface area contributed by atoms with Crippen LogP contribution < -0.4 is 0 Å². The van der Waals surface area contributed by atoms with E-state index in [9.17, 15) is 14.0 Å². The Morgan fingerprint density at radius 3 is 2.32 bits per heavy atom. The third-order valence-electron chi connectivity index (χ3n) is 5.15. The SMILES string of the molecule is CC1=NC(N2CC3CN(C(=O)c4ccccc4)CC3C2)=NC(=O)C1F. The lowest BCUT2D eigenvalue weighted by molar-refractivity contribution is -0.120. The minimum atomic E-state index is -1.72. The van der Waals surface area contributed by atoms with Crippen LogP contribution in [0.1, 0.15) is 17.3 Å². The molecule has 1 aromatic carbocycles. The number of carbonyl (C=O) groups excluding carboxylic acids is 2. The maximum atomic E-state index is 13.5. The van der Waals surface area contributed by atoms with Crippen molar-refractivity contribution in [3.8, 4) is 0 Å². The molecular weight excluding hydrogens is 323 g/mol. The van der Waals surface area contributed by atoms with Crippen LogP contribution in [0.3, 0.4) is 0 Å². The fraction of sp³-hybridized carbons (Fsp3) is 0.444. The lowest BCUT2D eigenvalue weighted by atomic mass is 10.0. The second-order valence-electron chi connectivity index (χ2n) is 6.87. The summed E-state index contributed by atoms with van der Waals surface area (Å²) < 4.78 is 13.5. The Labute approximate surface area is 145 Å². The van der Waals surface area contributed by atoms with E-state index < -0.39 is 12.1 Å². The first kappa shape index (κ1) is 15.9. The van der Waals surface area contributed by atoms with Gasteiger partial charge in [0.25, 0.3) is 11.8 Å². The average molecular weight is 342 g/mol. The van der Waals surface area contributed by atoms with Gasteiger partial charge in [0, 0.05) is 43.6 Å². The molecule has 7 heteroatoms. The molecule has 0 aliphatic carbocycles. The number of hydrogen-bond donors (Lipinski definition) is 0. The Balaban J connectivity index is 1.42. The van der Waals surface area contributed by atoms with Gasteiger partial charge in [-0.15, -0.1) is 0 Å². The molecule has 2 saturated heterocycles. The van der Waals surface area contributed by atoms with E-state index in [2.05, 4.69) is 9.98 Å². The van der Waals surface area contributed by atoms with Crippen molar-refractivity contribution in [2.24, 2.45) is 21.8 Å². The van der Waals surface area contributed by atoms with Gasteiger partial charge >= 0.3 is 0 Å². The summed E-state index contributed by atoms with van der Waals surface area (Å²) in [5.74, 6) is 0.237. The fourth-order valence-corrected chi connectivity index (χ4v) is 3.80. The van der Waals surface area contributed by atoms with Crippen LogP contribution in [-0.4, -0.2) is 65.6 Å². The van der Waals surface area contributed by atoms with Gasteiger partial charge in [-0.1, -0.05) is 18.2 Å². The Bertz CT molecular complexity index is 763. The number of amides is 2. The summed E-state index contributed by atoms with van der Waals surface area (Å²) in [5, 5.41) is 0. The molecule has 130 valence electrons. The number of aliphatic imine (C=N–C) groups is 2. The second-order valence-corrected chi connectivity index (χ2v) is 6.87. The molecule has 1 aromatic rings. The maximum Gasteiger partial charge on any atom is 0.289 e. The molecule has 0 N–H and O–H groups in total. The molecule has 3 atom stereocenters. The first-order chi connectivity index (χ1) is 12.0. The van der Waals surface area contributed by atoms with Crippen molar-refractivity contribution in [1.29, 1.82) is 0 Å². The lowest BCUT2D eigenvalue weighted by Crippen LogP contribution is -2.38. The van der Waals surface area contributed by atoms with Crippen molar-refractivity contribution in [3.05, 3.63) is 35.9 Å². The zero-order valence-electron chi connectivity index (χ0n) is 13.9. The minimum absolute atomic E-state index is 0.0564. The summed E-state index contributed by atoms with van der Waals surface area (Å²) in [6, 6.07) is 9.28. The molecule has 25 heavy (non-hydrogen) atoms. The highest BCUT2D eigenvalue weighted by atomic mass is 19.1. The van der Waals surface area contributed by atoms with Crippen LogP contribution in [0, 0.1) is 11.8 Å². The zero-order chi connectivity index (χ0) is 17.6. The average Bonchev–Trinajstić information content (AvgIpc) is 3.18. The topological polar surface area (TPSA) is 65.3 Å². The number of alkyl halides is 1. The molecule has 2 amide bonds. The molecule has 3 unspecified atom stereocenters. The van der Waals surface area contributed by atoms with Gasteiger partial charge in [-0.2, -0.15) is 4.99 Å². The molecule has 3 aliphatic rings. The Kier molecular flexibility index (Phi) is 3.86. The zero-order valence-corrected chi connectivity index (χ0v) is 13.9. The van der Waals surface area contributed by atoms with Crippen molar-refractivity contribution in [3.63, 3.8) is 0 Å². The molecule has 0 bridgehead atoms. The van der Waals surface area contributed by atoms with Gasteiger partial charge in [0.2, 0.25) is 12.1 Å². The molecule has 0 saturated carbocycles. The summed E-state index contributed by atoms with van der Waals surface area (Å²) >= 11 is 0. The van der Waals surface area contributed by atoms with Crippen LogP contribution in [0.15, 0.2) is 40.3 Å². The number of fused-ring (bicyclic) bond motifs is 1. The van der Waals surface area contributed by atoms with E-state index in [0.29, 0.717) is 49.5 Å². The largest absolute Gasteiger partial charge is 0.340 e. The van der Waals surface area contributed by atoms with Crippen molar-refractivity contribution < 1.29 is 14.0 Å². The van der Waals surface area contributed by atoms with Gasteiger partial charge in [-0.3, -0.25) is 9.59 Å². The monoisotopic (exact) mass is 342 g/mol. The molecule has 3 aliphatic heterocycles. The number of likely N-dealkylation sites (tertiary alicyclic amines) is 2. The van der Waals surface area contributed by atoms with Crippen LogP contribution in [0.2, 0.25) is 0 Å². The predicted molar refractivity (Wildman–Crippen MR) is 91.3 cm³/mol. The van der Waals surface area contributed by atoms with Crippen LogP contribution in [0.5, 0.6) is 0 Å². The lowest BCUT2D eigenvalue weighted by Gasteiger charge is -2.24. The van der Waals surface area contributed by atoms with Gasteiger partial charge in [0.15, 0.2) is 0 Å². The first-order valence-electron chi connectivity index (χ1n) is 8.44. The van der Waals surface area contributed by atoms with Crippen LogP contribution >= 0.6 is 0 Å². The van der Waals surface area contributed by atoms with Crippen molar-refractivity contribution >= 4 is 23.5 Å². The van der Waals surface area contributed by atoms with Crippen LogP contribution in [0.25, 0.3) is 0 Å². The van der Waals surface area contributed by atoms with Gasteiger partial charge in [-0.05, 0) is 19.1 Å². The van der Waals surface area contributed by atoms with Gasteiger partial charge in [0.05, 0.1) is 5.71 Å². The summed E-state index contributed by atoms with van der Waals surface area (Å²) in [4.78, 5) is 35.9. The van der Waals surface area contributed by atoms with E-state index in [1.165, 1.54) is 6.92 Å². The molecule has 0 radical (unpaired) electrons. The van der Waals surface area contributed by atoms with Gasteiger partial charge in [-0.25, -0.2) is 9.38 Å². The molecule has 0 spiro atoms. The highest BCUT2D eigenvalue weighted by Gasteiger charge is 2.43.